The largest absolute Gasteiger partial charge is 0.494 e. The lowest BCUT2D eigenvalue weighted by Gasteiger charge is -2.20. The van der Waals surface area contributed by atoms with E-state index in [0.717, 1.165) is 28.8 Å². The average molecular weight is 523 g/mol. The second-order valence-electron chi connectivity index (χ2n) is 8.55. The van der Waals surface area contributed by atoms with Crippen LogP contribution in [0.1, 0.15) is 35.8 Å². The predicted molar refractivity (Wildman–Crippen MR) is 140 cm³/mol. The zero-order chi connectivity index (χ0) is 25.3. The van der Waals surface area contributed by atoms with Gasteiger partial charge in [0, 0.05) is 24.8 Å². The molecule has 8 nitrogen and oxygen atoms in total. The van der Waals surface area contributed by atoms with Gasteiger partial charge in [0.2, 0.25) is 10.0 Å². The van der Waals surface area contributed by atoms with Gasteiger partial charge < -0.3 is 4.74 Å². The molecule has 4 aromatic rings. The number of benzene rings is 2. The van der Waals surface area contributed by atoms with E-state index in [2.05, 4.69) is 4.98 Å². The number of carbonyl (C=O) groups is 1. The van der Waals surface area contributed by atoms with Gasteiger partial charge in [-0.15, -0.1) is 0 Å². The molecule has 1 saturated carbocycles. The van der Waals surface area contributed by atoms with Crippen molar-refractivity contribution in [2.75, 3.05) is 18.6 Å². The molecule has 36 heavy (non-hydrogen) atoms. The van der Waals surface area contributed by atoms with Crippen molar-refractivity contribution in [1.82, 2.24) is 14.3 Å². The van der Waals surface area contributed by atoms with E-state index in [1.54, 1.807) is 30.3 Å². The Morgan fingerprint density at radius 3 is 2.56 bits per heavy atom. The minimum atomic E-state index is -3.59. The number of fused-ring (bicyclic) bond motifs is 1. The van der Waals surface area contributed by atoms with Gasteiger partial charge in [0.1, 0.15) is 5.75 Å². The number of amides is 1. The fourth-order valence-corrected chi connectivity index (χ4v) is 6.28. The molecule has 2 heterocycles. The summed E-state index contributed by atoms with van der Waals surface area (Å²) in [6, 6.07) is 17.4. The summed E-state index contributed by atoms with van der Waals surface area (Å²) in [6.07, 6.45) is 3.44. The van der Waals surface area contributed by atoms with Crippen LogP contribution in [0.2, 0.25) is 0 Å². The van der Waals surface area contributed by atoms with Crippen LogP contribution in [0.15, 0.2) is 71.8 Å². The molecule has 0 bridgehead atoms. The van der Waals surface area contributed by atoms with Gasteiger partial charge in [0.15, 0.2) is 5.13 Å². The maximum Gasteiger partial charge on any atom is 0.260 e. The number of nitrogens with zero attached hydrogens (tertiary/aromatic N) is 4. The molecule has 1 fully saturated rings. The topological polar surface area (TPSA) is 92.7 Å². The first-order chi connectivity index (χ1) is 17.4. The highest BCUT2D eigenvalue weighted by atomic mass is 32.2. The van der Waals surface area contributed by atoms with Crippen LogP contribution >= 0.6 is 11.3 Å². The normalized spacial score (nSPS) is 13.8. The Morgan fingerprint density at radius 1 is 1.11 bits per heavy atom. The number of rotatable bonds is 9. The minimum Gasteiger partial charge on any atom is -0.494 e. The maximum absolute atomic E-state index is 13.7. The molecular formula is C26H26N4O4S2. The summed E-state index contributed by atoms with van der Waals surface area (Å²) in [4.78, 5) is 24.5. The number of pyridine rings is 1. The summed E-state index contributed by atoms with van der Waals surface area (Å²) in [7, 11) is -1.99. The third-order valence-corrected chi connectivity index (χ3v) is 8.99. The quantitative estimate of drug-likeness (QED) is 0.316. The third kappa shape index (κ3) is 4.97. The molecule has 0 N–H and O–H groups in total. The molecule has 1 aliphatic rings. The first kappa shape index (κ1) is 24.4. The zero-order valence-electron chi connectivity index (χ0n) is 20.0. The van der Waals surface area contributed by atoms with E-state index in [9.17, 15) is 13.2 Å². The van der Waals surface area contributed by atoms with E-state index >= 15 is 0 Å². The Labute approximate surface area is 214 Å². The van der Waals surface area contributed by atoms with Crippen LogP contribution in [0.25, 0.3) is 10.2 Å². The molecule has 1 aliphatic carbocycles. The van der Waals surface area contributed by atoms with Crippen LogP contribution in [0.3, 0.4) is 0 Å². The number of hydrogen-bond acceptors (Lipinski definition) is 7. The summed E-state index contributed by atoms with van der Waals surface area (Å²) in [5.74, 6) is 0.458. The standard InChI is InChI=1S/C26H26N4O4S2/c1-3-34-21-11-14-23-24(16-21)35-26(28-23)30(17-19-6-4-5-15-27-19)25(31)18-7-12-22(13-8-18)36(32,33)29(2)20-9-10-20/h4-8,11-16,20H,3,9-10,17H2,1-2H3. The van der Waals surface area contributed by atoms with Crippen LogP contribution in [0, 0.1) is 0 Å². The fourth-order valence-electron chi connectivity index (χ4n) is 3.87. The Morgan fingerprint density at radius 2 is 1.89 bits per heavy atom. The molecule has 2 aromatic heterocycles. The zero-order valence-corrected chi connectivity index (χ0v) is 21.6. The first-order valence-corrected chi connectivity index (χ1v) is 14.0. The number of hydrogen-bond donors (Lipinski definition) is 0. The van der Waals surface area contributed by atoms with Crippen LogP contribution in [-0.2, 0) is 16.6 Å². The van der Waals surface area contributed by atoms with E-state index in [-0.39, 0.29) is 23.4 Å². The van der Waals surface area contributed by atoms with Crippen molar-refractivity contribution in [3.63, 3.8) is 0 Å². The van der Waals surface area contributed by atoms with E-state index in [1.807, 2.05) is 43.3 Å². The van der Waals surface area contributed by atoms with Crippen molar-refractivity contribution in [3.8, 4) is 5.75 Å². The summed E-state index contributed by atoms with van der Waals surface area (Å²) < 4.78 is 33.7. The van der Waals surface area contributed by atoms with Gasteiger partial charge in [-0.1, -0.05) is 17.4 Å². The predicted octanol–water partition coefficient (Wildman–Crippen LogP) is 4.72. The molecule has 0 aliphatic heterocycles. The van der Waals surface area contributed by atoms with Gasteiger partial charge in [-0.3, -0.25) is 14.7 Å². The van der Waals surface area contributed by atoms with Crippen molar-refractivity contribution in [2.24, 2.45) is 0 Å². The Balaban J connectivity index is 1.47. The highest BCUT2D eigenvalue weighted by Crippen LogP contribution is 2.34. The van der Waals surface area contributed by atoms with E-state index < -0.39 is 10.0 Å². The van der Waals surface area contributed by atoms with E-state index in [4.69, 9.17) is 9.72 Å². The molecular weight excluding hydrogens is 496 g/mol. The highest BCUT2D eigenvalue weighted by molar-refractivity contribution is 7.89. The summed E-state index contributed by atoms with van der Waals surface area (Å²) in [6.45, 7) is 2.71. The third-order valence-electron chi connectivity index (χ3n) is 6.02. The number of aromatic nitrogens is 2. The lowest BCUT2D eigenvalue weighted by molar-refractivity contribution is 0.0984. The van der Waals surface area contributed by atoms with E-state index in [1.165, 1.54) is 27.8 Å². The molecule has 10 heteroatoms. The van der Waals surface area contributed by atoms with Gasteiger partial charge in [-0.2, -0.15) is 4.31 Å². The van der Waals surface area contributed by atoms with Crippen LogP contribution in [-0.4, -0.2) is 48.3 Å². The number of thiazole rings is 1. The van der Waals surface area contributed by atoms with Crippen LogP contribution in [0.5, 0.6) is 5.75 Å². The molecule has 0 unspecified atom stereocenters. The average Bonchev–Trinajstić information content (AvgIpc) is 3.66. The van der Waals surface area contributed by atoms with Crippen molar-refractivity contribution in [2.45, 2.75) is 37.2 Å². The van der Waals surface area contributed by atoms with Crippen molar-refractivity contribution >= 4 is 42.6 Å². The van der Waals surface area contributed by atoms with Gasteiger partial charge in [0.05, 0.1) is 34.0 Å². The first-order valence-electron chi connectivity index (χ1n) is 11.7. The molecule has 0 radical (unpaired) electrons. The number of sulfonamides is 1. The Kier molecular flexibility index (Phi) is 6.74. The second-order valence-corrected chi connectivity index (χ2v) is 11.6. The van der Waals surface area contributed by atoms with E-state index in [0.29, 0.717) is 23.0 Å². The minimum absolute atomic E-state index is 0.0625. The Bertz CT molecular complexity index is 1480. The second kappa shape index (κ2) is 9.96. The summed E-state index contributed by atoms with van der Waals surface area (Å²) in [5, 5.41) is 0.527. The molecule has 2 aromatic carbocycles. The Hall–Kier alpha value is -3.34. The molecule has 5 rings (SSSR count). The SMILES string of the molecule is CCOc1ccc2nc(N(Cc3ccccn3)C(=O)c3ccc(S(=O)(=O)N(C)C4CC4)cc3)sc2c1. The monoisotopic (exact) mass is 522 g/mol. The smallest absolute Gasteiger partial charge is 0.260 e. The maximum atomic E-state index is 13.7. The van der Waals surface area contributed by atoms with Gasteiger partial charge in [-0.05, 0) is 74.4 Å². The summed E-state index contributed by atoms with van der Waals surface area (Å²) >= 11 is 1.39. The van der Waals surface area contributed by atoms with Gasteiger partial charge in [-0.25, -0.2) is 13.4 Å². The van der Waals surface area contributed by atoms with Crippen molar-refractivity contribution in [3.05, 3.63) is 78.1 Å². The van der Waals surface area contributed by atoms with Crippen molar-refractivity contribution in [1.29, 1.82) is 0 Å². The lowest BCUT2D eigenvalue weighted by atomic mass is 10.2. The van der Waals surface area contributed by atoms with Crippen molar-refractivity contribution < 1.29 is 17.9 Å². The fraction of sp³-hybridized carbons (Fsp3) is 0.269. The molecule has 0 atom stereocenters. The molecule has 1 amide bonds. The van der Waals surface area contributed by atoms with Crippen LogP contribution in [0.4, 0.5) is 5.13 Å². The number of ether oxygens (including phenoxy) is 1. The molecule has 0 spiro atoms. The number of anilines is 1. The van der Waals surface area contributed by atoms with Crippen LogP contribution < -0.4 is 9.64 Å². The lowest BCUT2D eigenvalue weighted by Crippen LogP contribution is -2.31. The number of carbonyl (C=O) groups excluding carboxylic acids is 1. The molecule has 186 valence electrons. The summed E-state index contributed by atoms with van der Waals surface area (Å²) in [5.41, 5.74) is 1.85. The van der Waals surface area contributed by atoms with Gasteiger partial charge in [0.25, 0.3) is 5.91 Å². The van der Waals surface area contributed by atoms with Gasteiger partial charge >= 0.3 is 0 Å². The highest BCUT2D eigenvalue weighted by Gasteiger charge is 2.35. The molecule has 0 saturated heterocycles.